The zero-order valence-electron chi connectivity index (χ0n) is 35.4. The largest absolute Gasteiger partial charge is 0.756 e. The van der Waals surface area contributed by atoms with Crippen molar-refractivity contribution >= 4 is 13.7 Å². The molecule has 1 amide bonds. The second-order valence-corrected chi connectivity index (χ2v) is 17.1. The Kier molecular flexibility index (Phi) is 35.6. The maximum Gasteiger partial charge on any atom is 0.268 e. The fourth-order valence-corrected chi connectivity index (χ4v) is 6.41. The molecule has 0 heterocycles. The molecule has 0 aromatic heterocycles. The van der Waals surface area contributed by atoms with Gasteiger partial charge in [0, 0.05) is 6.42 Å². The zero-order chi connectivity index (χ0) is 40.0. The fraction of sp³-hybridized carbons (Fsp3) is 0.756. The highest BCUT2D eigenvalue weighted by molar-refractivity contribution is 7.45. The first kappa shape index (κ1) is 52.2. The van der Waals surface area contributed by atoms with E-state index < -0.39 is 26.6 Å². The molecule has 0 aromatic rings. The van der Waals surface area contributed by atoms with E-state index in [-0.39, 0.29) is 12.5 Å². The summed E-state index contributed by atoms with van der Waals surface area (Å²) in [5.74, 6) is -0.223. The van der Waals surface area contributed by atoms with Crippen molar-refractivity contribution in [3.63, 3.8) is 0 Å². The van der Waals surface area contributed by atoms with Crippen LogP contribution in [0.5, 0.6) is 0 Å². The van der Waals surface area contributed by atoms with E-state index in [1.165, 1.54) is 77.0 Å². The van der Waals surface area contributed by atoms with Crippen LogP contribution in [-0.2, 0) is 18.4 Å². The Morgan fingerprint density at radius 2 is 1.09 bits per heavy atom. The van der Waals surface area contributed by atoms with Gasteiger partial charge in [-0.2, -0.15) is 0 Å². The van der Waals surface area contributed by atoms with Crippen molar-refractivity contribution < 1.29 is 32.9 Å². The smallest absolute Gasteiger partial charge is 0.268 e. The first-order valence-corrected chi connectivity index (χ1v) is 23.1. The van der Waals surface area contributed by atoms with Crippen molar-refractivity contribution in [2.75, 3.05) is 40.9 Å². The number of carbonyl (C=O) groups excluding carboxylic acids is 1. The van der Waals surface area contributed by atoms with Gasteiger partial charge < -0.3 is 28.8 Å². The van der Waals surface area contributed by atoms with Crippen LogP contribution in [0.2, 0.25) is 0 Å². The minimum absolute atomic E-state index is 0.0131. The number of unbranched alkanes of at least 4 members (excludes halogenated alkanes) is 17. The quantitative estimate of drug-likeness (QED) is 0.0280. The van der Waals surface area contributed by atoms with Gasteiger partial charge in [0.1, 0.15) is 13.2 Å². The van der Waals surface area contributed by atoms with E-state index in [2.05, 4.69) is 67.8 Å². The summed E-state index contributed by atoms with van der Waals surface area (Å²) in [4.78, 5) is 25.3. The van der Waals surface area contributed by atoms with Crippen LogP contribution in [-0.4, -0.2) is 68.5 Å². The third-order valence-electron chi connectivity index (χ3n) is 9.18. The fourth-order valence-electron chi connectivity index (χ4n) is 5.68. The number of likely N-dealkylation sites (N-methyl/N-ethyl adjacent to an activating group) is 1. The van der Waals surface area contributed by atoms with Gasteiger partial charge >= 0.3 is 0 Å². The second kappa shape index (κ2) is 36.8. The molecule has 0 bridgehead atoms. The molecule has 3 unspecified atom stereocenters. The summed E-state index contributed by atoms with van der Waals surface area (Å²) in [7, 11) is 1.22. The highest BCUT2D eigenvalue weighted by Crippen LogP contribution is 2.38. The lowest BCUT2D eigenvalue weighted by Crippen LogP contribution is -2.45. The lowest BCUT2D eigenvalue weighted by atomic mass is 10.1. The number of allylic oxidation sites excluding steroid dienone is 9. The number of rotatable bonds is 38. The minimum atomic E-state index is -4.60. The van der Waals surface area contributed by atoms with Crippen molar-refractivity contribution in [3.05, 3.63) is 60.8 Å². The Morgan fingerprint density at radius 3 is 1.61 bits per heavy atom. The SMILES string of the molecule is CCCCCC/C=C\C/C=C\CCCCCCCCCC(=O)NC(COP(=O)([O-])OCC[N+](C)(C)C)C(O)/C=C/CC/C=C/CC/C=C/CCCCCC. The number of nitrogens with zero attached hydrogens (tertiary/aromatic N) is 1. The average molecular weight is 779 g/mol. The molecule has 2 N–H and O–H groups in total. The molecule has 0 aliphatic rings. The number of nitrogens with one attached hydrogen (secondary N) is 1. The van der Waals surface area contributed by atoms with Crippen molar-refractivity contribution in [2.45, 2.75) is 180 Å². The summed E-state index contributed by atoms with van der Waals surface area (Å²) in [6, 6.07) is -0.914. The molecule has 0 spiro atoms. The molecule has 0 aliphatic carbocycles. The van der Waals surface area contributed by atoms with Gasteiger partial charge in [0.2, 0.25) is 5.91 Å². The second-order valence-electron chi connectivity index (χ2n) is 15.7. The van der Waals surface area contributed by atoms with Crippen molar-refractivity contribution in [3.8, 4) is 0 Å². The Hall–Kier alpha value is -1.80. The molecule has 0 saturated heterocycles. The molecule has 0 aliphatic heterocycles. The average Bonchev–Trinajstić information content (AvgIpc) is 3.12. The minimum Gasteiger partial charge on any atom is -0.756 e. The molecule has 0 fully saturated rings. The summed E-state index contributed by atoms with van der Waals surface area (Å²) in [6.07, 6.45) is 46.9. The third kappa shape index (κ3) is 38.5. The number of aliphatic hydroxyl groups is 1. The number of amides is 1. The summed E-state index contributed by atoms with van der Waals surface area (Å²) in [5, 5.41) is 13.7. The maximum atomic E-state index is 12.8. The van der Waals surface area contributed by atoms with Gasteiger partial charge in [0.25, 0.3) is 7.82 Å². The zero-order valence-corrected chi connectivity index (χ0v) is 36.3. The van der Waals surface area contributed by atoms with E-state index in [0.717, 1.165) is 70.6 Å². The van der Waals surface area contributed by atoms with E-state index in [1.54, 1.807) is 6.08 Å². The lowest BCUT2D eigenvalue weighted by molar-refractivity contribution is -0.870. The summed E-state index contributed by atoms with van der Waals surface area (Å²) < 4.78 is 23.1. The molecule has 0 aromatic carbocycles. The molecule has 54 heavy (non-hydrogen) atoms. The highest BCUT2D eigenvalue weighted by Gasteiger charge is 2.23. The Labute approximate surface area is 332 Å². The molecule has 0 saturated carbocycles. The number of phosphoric acid groups is 1. The Balaban J connectivity index is 4.52. The van der Waals surface area contributed by atoms with Crippen LogP contribution in [0, 0.1) is 0 Å². The van der Waals surface area contributed by atoms with Gasteiger partial charge in [-0.25, -0.2) is 0 Å². The predicted molar refractivity (Wildman–Crippen MR) is 228 cm³/mol. The molecule has 314 valence electrons. The van der Waals surface area contributed by atoms with E-state index >= 15 is 0 Å². The normalized spacial score (nSPS) is 15.0. The summed E-state index contributed by atoms with van der Waals surface area (Å²) >= 11 is 0. The molecule has 0 rings (SSSR count). The third-order valence-corrected chi connectivity index (χ3v) is 10.1. The summed E-state index contributed by atoms with van der Waals surface area (Å²) in [6.45, 7) is 4.55. The highest BCUT2D eigenvalue weighted by atomic mass is 31.2. The molecule has 0 radical (unpaired) electrons. The van der Waals surface area contributed by atoms with Crippen LogP contribution in [0.1, 0.15) is 168 Å². The number of carbonyl (C=O) groups is 1. The number of hydrogen-bond donors (Lipinski definition) is 2. The predicted octanol–water partition coefficient (Wildman–Crippen LogP) is 11.2. The Bertz CT molecular complexity index is 1060. The van der Waals surface area contributed by atoms with E-state index in [1.807, 2.05) is 27.2 Å². The first-order valence-electron chi connectivity index (χ1n) is 21.7. The number of aliphatic hydroxyl groups excluding tert-OH is 1. The van der Waals surface area contributed by atoms with Crippen molar-refractivity contribution in [1.82, 2.24) is 5.32 Å². The topological polar surface area (TPSA) is 108 Å². The molecule has 8 nitrogen and oxygen atoms in total. The van der Waals surface area contributed by atoms with Gasteiger partial charge in [0.15, 0.2) is 0 Å². The van der Waals surface area contributed by atoms with Gasteiger partial charge in [-0.05, 0) is 77.0 Å². The van der Waals surface area contributed by atoms with Crippen LogP contribution in [0.3, 0.4) is 0 Å². The van der Waals surface area contributed by atoms with Crippen molar-refractivity contribution in [1.29, 1.82) is 0 Å². The maximum absolute atomic E-state index is 12.8. The van der Waals surface area contributed by atoms with Gasteiger partial charge in [-0.3, -0.25) is 9.36 Å². The van der Waals surface area contributed by atoms with Crippen LogP contribution < -0.4 is 10.2 Å². The molecule has 9 heteroatoms. The molecular weight excluding hydrogens is 695 g/mol. The number of phosphoric ester groups is 1. The van der Waals surface area contributed by atoms with E-state index in [0.29, 0.717) is 17.4 Å². The number of hydrogen-bond acceptors (Lipinski definition) is 6. The first-order chi connectivity index (χ1) is 26.0. The van der Waals surface area contributed by atoms with Crippen LogP contribution in [0.15, 0.2) is 60.8 Å². The van der Waals surface area contributed by atoms with Crippen LogP contribution in [0.25, 0.3) is 0 Å². The molecular formula is C45H83N2O6P. The summed E-state index contributed by atoms with van der Waals surface area (Å²) in [5.41, 5.74) is 0. The monoisotopic (exact) mass is 779 g/mol. The number of quaternary nitrogens is 1. The molecule has 3 atom stereocenters. The standard InChI is InChI=1S/C45H83N2O6P/c1-6-8-10-12-14-16-18-20-22-23-24-25-27-29-31-33-35-37-39-45(49)46-43(42-53-54(50,51)52-41-40-47(3,4)5)44(48)38-36-34-32-30-28-26-21-19-17-15-13-11-9-7-2/h16-19,22-23,28,30,36,38,43-44,48H,6-15,20-21,24-27,29,31-35,37,39-42H2,1-5H3,(H-,46,49,50,51)/b18-16-,19-17+,23-22-,30-28+,38-36+. The van der Waals surface area contributed by atoms with E-state index in [4.69, 9.17) is 9.05 Å². The van der Waals surface area contributed by atoms with Crippen LogP contribution in [0.4, 0.5) is 0 Å². The Morgan fingerprint density at radius 1 is 0.648 bits per heavy atom. The van der Waals surface area contributed by atoms with Gasteiger partial charge in [-0.15, -0.1) is 0 Å². The van der Waals surface area contributed by atoms with Gasteiger partial charge in [0.05, 0.1) is 39.9 Å². The van der Waals surface area contributed by atoms with Crippen molar-refractivity contribution in [2.24, 2.45) is 0 Å². The van der Waals surface area contributed by atoms with Gasteiger partial charge in [-0.1, -0.05) is 145 Å². The van der Waals surface area contributed by atoms with Crippen LogP contribution >= 0.6 is 7.82 Å². The lowest BCUT2D eigenvalue weighted by Gasteiger charge is -2.29. The van der Waals surface area contributed by atoms with E-state index in [9.17, 15) is 19.4 Å².